The first-order valence-electron chi connectivity index (χ1n) is 9.55. The van der Waals surface area contributed by atoms with Gasteiger partial charge in [-0.3, -0.25) is 9.59 Å². The van der Waals surface area contributed by atoms with Crippen molar-refractivity contribution in [1.82, 2.24) is 5.32 Å². The van der Waals surface area contributed by atoms with Gasteiger partial charge in [-0.15, -0.1) is 0 Å². The molecule has 0 aromatic heterocycles. The molecule has 0 atom stereocenters. The van der Waals surface area contributed by atoms with Gasteiger partial charge >= 0.3 is 0 Å². The number of aryl methyl sites for hydroxylation is 1. The second-order valence-corrected chi connectivity index (χ2v) is 6.31. The Balaban J connectivity index is 1.94. The molecule has 0 unspecified atom stereocenters. The van der Waals surface area contributed by atoms with Crippen LogP contribution in [0.3, 0.4) is 0 Å². The van der Waals surface area contributed by atoms with Crippen molar-refractivity contribution >= 4 is 17.5 Å². The summed E-state index contributed by atoms with van der Waals surface area (Å²) in [7, 11) is 1.53. The zero-order valence-corrected chi connectivity index (χ0v) is 16.7. The van der Waals surface area contributed by atoms with Crippen molar-refractivity contribution in [1.29, 1.82) is 0 Å². The van der Waals surface area contributed by atoms with Crippen LogP contribution in [0, 0.1) is 0 Å². The molecule has 0 saturated carbocycles. The fourth-order valence-electron chi connectivity index (χ4n) is 2.66. The van der Waals surface area contributed by atoms with Crippen molar-refractivity contribution < 1.29 is 19.1 Å². The number of hydrogen-bond acceptors (Lipinski definition) is 4. The zero-order chi connectivity index (χ0) is 20.4. The number of unbranched alkanes of at least 4 members (excludes halogenated alkanes) is 1. The van der Waals surface area contributed by atoms with E-state index in [0.29, 0.717) is 23.7 Å². The Bertz CT molecular complexity index is 805. The summed E-state index contributed by atoms with van der Waals surface area (Å²) in [5, 5.41) is 5.46. The molecule has 6 heteroatoms. The first-order valence-corrected chi connectivity index (χ1v) is 9.55. The molecule has 2 rings (SSSR count). The molecule has 28 heavy (non-hydrogen) atoms. The van der Waals surface area contributed by atoms with Crippen LogP contribution in [-0.2, 0) is 11.2 Å². The summed E-state index contributed by atoms with van der Waals surface area (Å²) < 4.78 is 11.0. The van der Waals surface area contributed by atoms with Crippen LogP contribution in [0.2, 0.25) is 0 Å². The molecule has 0 fully saturated rings. The van der Waals surface area contributed by atoms with Gasteiger partial charge in [0.15, 0.2) is 11.5 Å². The van der Waals surface area contributed by atoms with Crippen LogP contribution in [0.1, 0.15) is 42.6 Å². The van der Waals surface area contributed by atoms with Crippen molar-refractivity contribution in [2.45, 2.75) is 33.1 Å². The molecular weight excluding hydrogens is 356 g/mol. The predicted molar refractivity (Wildman–Crippen MR) is 110 cm³/mol. The molecule has 0 aliphatic heterocycles. The first kappa shape index (κ1) is 21.3. The summed E-state index contributed by atoms with van der Waals surface area (Å²) in [5.41, 5.74) is 2.21. The van der Waals surface area contributed by atoms with E-state index in [1.165, 1.54) is 7.11 Å². The highest BCUT2D eigenvalue weighted by Crippen LogP contribution is 2.28. The fraction of sp³-hybridized carbons (Fsp3) is 0.364. The van der Waals surface area contributed by atoms with E-state index in [9.17, 15) is 9.59 Å². The minimum atomic E-state index is -0.350. The van der Waals surface area contributed by atoms with Crippen LogP contribution in [0.4, 0.5) is 5.69 Å². The third-order valence-electron chi connectivity index (χ3n) is 4.26. The topological polar surface area (TPSA) is 76.7 Å². The van der Waals surface area contributed by atoms with E-state index in [2.05, 4.69) is 17.6 Å². The summed E-state index contributed by atoms with van der Waals surface area (Å²) in [5.74, 6) is 0.463. The second kappa shape index (κ2) is 11.0. The van der Waals surface area contributed by atoms with Crippen LogP contribution in [0.25, 0.3) is 0 Å². The highest BCUT2D eigenvalue weighted by atomic mass is 16.5. The van der Waals surface area contributed by atoms with Gasteiger partial charge in [-0.1, -0.05) is 38.5 Å². The summed E-state index contributed by atoms with van der Waals surface area (Å²) in [6.07, 6.45) is 2.80. The van der Waals surface area contributed by atoms with Gasteiger partial charge in [-0.2, -0.15) is 0 Å². The molecule has 6 nitrogen and oxygen atoms in total. The van der Waals surface area contributed by atoms with E-state index in [4.69, 9.17) is 9.47 Å². The van der Waals surface area contributed by atoms with Crippen molar-refractivity contribution in [2.24, 2.45) is 0 Å². The molecule has 2 amide bonds. The summed E-state index contributed by atoms with van der Waals surface area (Å²) >= 11 is 0. The molecule has 2 N–H and O–H groups in total. The third-order valence-corrected chi connectivity index (χ3v) is 4.26. The second-order valence-electron chi connectivity index (χ2n) is 6.31. The minimum Gasteiger partial charge on any atom is -0.493 e. The lowest BCUT2D eigenvalue weighted by Crippen LogP contribution is -2.33. The molecule has 0 bridgehead atoms. The van der Waals surface area contributed by atoms with Crippen molar-refractivity contribution in [3.8, 4) is 11.5 Å². The molecule has 2 aromatic carbocycles. The van der Waals surface area contributed by atoms with Gasteiger partial charge < -0.3 is 20.1 Å². The SMILES string of the molecule is CCCCOc1ccc(C(=O)NCC(=O)Nc2ccccc2CC)cc1OC. The van der Waals surface area contributed by atoms with E-state index in [0.717, 1.165) is 30.5 Å². The number of ether oxygens (including phenoxy) is 2. The number of carbonyl (C=O) groups is 2. The van der Waals surface area contributed by atoms with Gasteiger partial charge in [0.25, 0.3) is 5.91 Å². The van der Waals surface area contributed by atoms with Crippen LogP contribution in [0.15, 0.2) is 42.5 Å². The van der Waals surface area contributed by atoms with Gasteiger partial charge in [-0.25, -0.2) is 0 Å². The predicted octanol–water partition coefficient (Wildman–Crippen LogP) is 3.81. The molecular formula is C22H28N2O4. The van der Waals surface area contributed by atoms with Gasteiger partial charge in [0.1, 0.15) is 0 Å². The Kier molecular flexibility index (Phi) is 8.34. The van der Waals surface area contributed by atoms with Gasteiger partial charge in [-0.05, 0) is 42.7 Å². The van der Waals surface area contributed by atoms with Crippen LogP contribution < -0.4 is 20.1 Å². The Labute approximate surface area is 166 Å². The maximum atomic E-state index is 12.4. The number of carbonyl (C=O) groups excluding carboxylic acids is 2. The molecule has 2 aromatic rings. The van der Waals surface area contributed by atoms with Gasteiger partial charge in [0.2, 0.25) is 5.91 Å². The first-order chi connectivity index (χ1) is 13.6. The van der Waals surface area contributed by atoms with Gasteiger partial charge in [0.05, 0.1) is 20.3 Å². The Morgan fingerprint density at radius 3 is 2.54 bits per heavy atom. The molecule has 0 aliphatic rings. The van der Waals surface area contributed by atoms with Crippen LogP contribution >= 0.6 is 0 Å². The Morgan fingerprint density at radius 1 is 1.04 bits per heavy atom. The van der Waals surface area contributed by atoms with E-state index in [1.807, 2.05) is 31.2 Å². The van der Waals surface area contributed by atoms with Crippen LogP contribution in [-0.4, -0.2) is 32.1 Å². The molecule has 0 spiro atoms. The number of para-hydroxylation sites is 1. The number of benzene rings is 2. The normalized spacial score (nSPS) is 10.2. The average Bonchev–Trinajstić information content (AvgIpc) is 2.72. The fourth-order valence-corrected chi connectivity index (χ4v) is 2.66. The zero-order valence-electron chi connectivity index (χ0n) is 16.7. The van der Waals surface area contributed by atoms with Gasteiger partial charge in [0, 0.05) is 11.3 Å². The number of rotatable bonds is 10. The quantitative estimate of drug-likeness (QED) is 0.611. The number of amides is 2. The Morgan fingerprint density at radius 2 is 1.82 bits per heavy atom. The lowest BCUT2D eigenvalue weighted by molar-refractivity contribution is -0.115. The van der Waals surface area contributed by atoms with E-state index in [-0.39, 0.29) is 18.4 Å². The maximum absolute atomic E-state index is 12.4. The average molecular weight is 384 g/mol. The number of anilines is 1. The maximum Gasteiger partial charge on any atom is 0.251 e. The lowest BCUT2D eigenvalue weighted by Gasteiger charge is -2.13. The molecule has 0 radical (unpaired) electrons. The summed E-state index contributed by atoms with van der Waals surface area (Å²) in [6, 6.07) is 12.6. The van der Waals surface area contributed by atoms with Crippen molar-refractivity contribution in [2.75, 3.05) is 25.6 Å². The number of nitrogens with one attached hydrogen (secondary N) is 2. The Hall–Kier alpha value is -3.02. The van der Waals surface area contributed by atoms with Crippen molar-refractivity contribution in [3.05, 3.63) is 53.6 Å². The highest BCUT2D eigenvalue weighted by molar-refractivity contribution is 5.99. The van der Waals surface area contributed by atoms with E-state index in [1.54, 1.807) is 18.2 Å². The standard InChI is InChI=1S/C22H28N2O4/c1-4-6-13-28-19-12-11-17(14-20(19)27-3)22(26)23-15-21(25)24-18-10-8-7-9-16(18)5-2/h7-12,14H,4-6,13,15H2,1-3H3,(H,23,26)(H,24,25). The molecule has 0 aliphatic carbocycles. The molecule has 0 saturated heterocycles. The minimum absolute atomic E-state index is 0.117. The molecule has 0 heterocycles. The van der Waals surface area contributed by atoms with Crippen LogP contribution in [0.5, 0.6) is 11.5 Å². The van der Waals surface area contributed by atoms with E-state index >= 15 is 0 Å². The monoisotopic (exact) mass is 384 g/mol. The smallest absolute Gasteiger partial charge is 0.251 e. The number of hydrogen-bond donors (Lipinski definition) is 2. The third kappa shape index (κ3) is 6.01. The van der Waals surface area contributed by atoms with Crippen molar-refractivity contribution in [3.63, 3.8) is 0 Å². The summed E-state index contributed by atoms with van der Waals surface area (Å²) in [6.45, 7) is 4.59. The number of methoxy groups -OCH3 is 1. The highest BCUT2D eigenvalue weighted by Gasteiger charge is 2.13. The largest absolute Gasteiger partial charge is 0.493 e. The summed E-state index contributed by atoms with van der Waals surface area (Å²) in [4.78, 5) is 24.5. The molecule has 150 valence electrons. The lowest BCUT2D eigenvalue weighted by atomic mass is 10.1. The van der Waals surface area contributed by atoms with E-state index < -0.39 is 0 Å².